The molecule has 0 aliphatic carbocycles. The van der Waals surface area contributed by atoms with Crippen LogP contribution in [-0.2, 0) is 19.6 Å². The van der Waals surface area contributed by atoms with Gasteiger partial charge in [-0.05, 0) is 56.3 Å². The van der Waals surface area contributed by atoms with Gasteiger partial charge in [0.1, 0.15) is 17.8 Å². The lowest BCUT2D eigenvalue weighted by Gasteiger charge is -2.34. The number of amides is 2. The van der Waals surface area contributed by atoms with E-state index in [4.69, 9.17) is 0 Å². The van der Waals surface area contributed by atoms with E-state index in [-0.39, 0.29) is 18.7 Å². The fourth-order valence-corrected chi connectivity index (χ4v) is 7.41. The highest BCUT2D eigenvalue weighted by Crippen LogP contribution is 2.33. The first-order chi connectivity index (χ1) is 20.1. The second-order valence-corrected chi connectivity index (χ2v) is 12.8. The second-order valence-electron chi connectivity index (χ2n) is 11.0. The molecule has 0 radical (unpaired) electrons. The van der Waals surface area contributed by atoms with Crippen LogP contribution in [0.15, 0.2) is 48.7 Å². The number of hydrogen-bond donors (Lipinski definition) is 1. The number of hydrogen-bond acceptors (Lipinski definition) is 9. The Hall–Kier alpha value is -3.68. The first-order valence-corrected chi connectivity index (χ1v) is 15.7. The number of piperazine rings is 1. The van der Waals surface area contributed by atoms with Gasteiger partial charge in [0, 0.05) is 50.2 Å². The molecule has 5 rings (SSSR count). The predicted octanol–water partition coefficient (Wildman–Crippen LogP) is 0.756. The number of benzene rings is 1. The maximum atomic E-state index is 13.7. The molecule has 3 fully saturated rings. The molecule has 224 valence electrons. The molecule has 13 heteroatoms. The summed E-state index contributed by atoms with van der Waals surface area (Å²) in [5.74, 6) is -1.29. The topological polar surface area (TPSA) is 140 Å². The number of aromatic nitrogens is 1. The molecular weight excluding hydrogens is 560 g/mol. The molecule has 1 aromatic carbocycles. The average Bonchev–Trinajstić information content (AvgIpc) is 3.58. The highest BCUT2D eigenvalue weighted by molar-refractivity contribution is 8.04. The Labute approximate surface area is 245 Å². The van der Waals surface area contributed by atoms with E-state index in [1.165, 1.54) is 23.2 Å². The van der Waals surface area contributed by atoms with Crippen LogP contribution >= 0.6 is 0 Å². The summed E-state index contributed by atoms with van der Waals surface area (Å²) in [6.07, 6.45) is 2.48. The van der Waals surface area contributed by atoms with E-state index >= 15 is 0 Å². The van der Waals surface area contributed by atoms with Crippen molar-refractivity contribution in [1.29, 1.82) is 0 Å². The molecule has 3 unspecified atom stereocenters. The number of sulfonamides is 1. The van der Waals surface area contributed by atoms with Gasteiger partial charge in [0.15, 0.2) is 5.78 Å². The van der Waals surface area contributed by atoms with E-state index in [1.807, 2.05) is 19.1 Å². The van der Waals surface area contributed by atoms with Gasteiger partial charge in [-0.1, -0.05) is 19.4 Å². The van der Waals surface area contributed by atoms with Gasteiger partial charge in [-0.25, -0.2) is 8.42 Å². The molecule has 4 heterocycles. The fourth-order valence-electron chi connectivity index (χ4n) is 5.94. The van der Waals surface area contributed by atoms with Crippen LogP contribution in [0.25, 0.3) is 0 Å². The maximum absolute atomic E-state index is 13.7. The highest BCUT2D eigenvalue weighted by atomic mass is 32.2. The van der Waals surface area contributed by atoms with E-state index in [2.05, 4.69) is 27.1 Å². The number of nitrogens with zero attached hydrogens (tertiary/aromatic N) is 5. The van der Waals surface area contributed by atoms with Crippen LogP contribution in [-0.4, -0.2) is 115 Å². The van der Waals surface area contributed by atoms with Crippen LogP contribution in [0.3, 0.4) is 0 Å². The molecule has 42 heavy (non-hydrogen) atoms. The van der Waals surface area contributed by atoms with E-state index < -0.39 is 57.4 Å². The third-order valence-electron chi connectivity index (χ3n) is 8.26. The van der Waals surface area contributed by atoms with Gasteiger partial charge < -0.3 is 20.0 Å². The fraction of sp³-hybridized carbons (Fsp3) is 0.483. The van der Waals surface area contributed by atoms with Crippen LogP contribution in [0.5, 0.6) is 0 Å². The molecule has 1 aromatic heterocycles. The minimum Gasteiger partial charge on any atom is -0.369 e. The summed E-state index contributed by atoms with van der Waals surface area (Å²) in [5, 5.41) is 1.65. The number of Topliss-reactive ketones (excluding diaryl/α,β-unsaturated/α-hetero) is 1. The molecule has 3 aliphatic heterocycles. The number of rotatable bonds is 8. The van der Waals surface area contributed by atoms with Crippen molar-refractivity contribution in [3.63, 3.8) is 0 Å². The van der Waals surface area contributed by atoms with Gasteiger partial charge in [0.25, 0.3) is 15.9 Å². The Kier molecular flexibility index (Phi) is 8.71. The quantitative estimate of drug-likeness (QED) is 0.468. The first kappa shape index (κ1) is 29.8. The summed E-state index contributed by atoms with van der Waals surface area (Å²) in [6, 6.07) is 8.92. The van der Waals surface area contributed by atoms with Gasteiger partial charge in [-0.3, -0.25) is 24.2 Å². The number of pyridine rings is 1. The predicted molar refractivity (Wildman–Crippen MR) is 155 cm³/mol. The lowest BCUT2D eigenvalue weighted by Crippen LogP contribution is -2.52. The SMILES string of the molecule is CCCC(NC(=O)c1ccc(N2CCN(C)CC2)cc1)C(=O)N1CCC2C1C(=O)CN2S(=O)(=O)C(=O)c1ccccn1. The second kappa shape index (κ2) is 12.3. The lowest BCUT2D eigenvalue weighted by atomic mass is 10.1. The minimum atomic E-state index is -4.53. The molecular formula is C29H36N6O6S. The third-order valence-corrected chi connectivity index (χ3v) is 9.95. The largest absolute Gasteiger partial charge is 0.369 e. The summed E-state index contributed by atoms with van der Waals surface area (Å²) in [6.45, 7) is 5.28. The molecule has 2 aromatic rings. The minimum absolute atomic E-state index is 0.138. The number of nitrogens with one attached hydrogen (secondary N) is 1. The summed E-state index contributed by atoms with van der Waals surface area (Å²) in [4.78, 5) is 62.5. The van der Waals surface area contributed by atoms with Gasteiger partial charge >= 0.3 is 5.12 Å². The monoisotopic (exact) mass is 596 g/mol. The third kappa shape index (κ3) is 5.81. The number of ketones is 1. The van der Waals surface area contributed by atoms with Crippen LogP contribution in [0.1, 0.15) is 47.0 Å². The molecule has 0 bridgehead atoms. The first-order valence-electron chi connectivity index (χ1n) is 14.3. The van der Waals surface area contributed by atoms with Crippen LogP contribution in [0, 0.1) is 0 Å². The van der Waals surface area contributed by atoms with Crippen molar-refractivity contribution >= 4 is 38.4 Å². The number of carbonyl (C=O) groups excluding carboxylic acids is 4. The van der Waals surface area contributed by atoms with Gasteiger partial charge in [0.05, 0.1) is 12.6 Å². The number of fused-ring (bicyclic) bond motifs is 1. The van der Waals surface area contributed by atoms with Crippen molar-refractivity contribution in [2.24, 2.45) is 0 Å². The number of anilines is 1. The van der Waals surface area contributed by atoms with Crippen molar-refractivity contribution in [1.82, 2.24) is 24.4 Å². The molecule has 3 saturated heterocycles. The summed E-state index contributed by atoms with van der Waals surface area (Å²) >= 11 is 0. The van der Waals surface area contributed by atoms with Gasteiger partial charge in [0.2, 0.25) is 5.91 Å². The Morgan fingerprint density at radius 1 is 1.02 bits per heavy atom. The van der Waals surface area contributed by atoms with Crippen molar-refractivity contribution < 1.29 is 27.6 Å². The molecule has 0 saturated carbocycles. The Morgan fingerprint density at radius 3 is 2.38 bits per heavy atom. The van der Waals surface area contributed by atoms with Crippen LogP contribution in [0.4, 0.5) is 5.69 Å². The Bertz CT molecular complexity index is 1440. The summed E-state index contributed by atoms with van der Waals surface area (Å²) < 4.78 is 27.3. The Morgan fingerprint density at radius 2 is 1.74 bits per heavy atom. The van der Waals surface area contributed by atoms with Crippen molar-refractivity contribution in [2.75, 3.05) is 51.2 Å². The highest BCUT2D eigenvalue weighted by Gasteiger charge is 2.55. The molecule has 2 amide bonds. The zero-order valence-electron chi connectivity index (χ0n) is 23.8. The smallest absolute Gasteiger partial charge is 0.310 e. The summed E-state index contributed by atoms with van der Waals surface area (Å²) in [7, 11) is -2.44. The van der Waals surface area contributed by atoms with E-state index in [9.17, 15) is 27.6 Å². The van der Waals surface area contributed by atoms with Crippen molar-refractivity contribution in [3.8, 4) is 0 Å². The normalized spacial score (nSPS) is 22.2. The van der Waals surface area contributed by atoms with Crippen molar-refractivity contribution in [2.45, 2.75) is 44.3 Å². The molecule has 12 nitrogen and oxygen atoms in total. The van der Waals surface area contributed by atoms with Gasteiger partial charge in [-0.2, -0.15) is 4.31 Å². The van der Waals surface area contributed by atoms with Gasteiger partial charge in [-0.15, -0.1) is 0 Å². The standard InChI is InChI=1S/C29H36N6O6S/c1-3-6-22(31-27(37)20-8-10-21(11-9-20)33-17-15-32(2)16-18-33)28(38)34-14-12-24-26(34)25(36)19-35(24)42(40,41)29(39)23-7-4-5-13-30-23/h4-5,7-11,13,22,24,26H,3,6,12,14-19H2,1-2H3,(H,31,37). The number of likely N-dealkylation sites (N-methyl/N-ethyl adjacent to an activating group) is 1. The maximum Gasteiger partial charge on any atom is 0.310 e. The molecule has 0 spiro atoms. The lowest BCUT2D eigenvalue weighted by molar-refractivity contribution is -0.138. The van der Waals surface area contributed by atoms with E-state index in [1.54, 1.807) is 18.2 Å². The van der Waals surface area contributed by atoms with E-state index in [0.717, 1.165) is 36.2 Å². The molecule has 3 aliphatic rings. The molecule has 1 N–H and O–H groups in total. The van der Waals surface area contributed by atoms with Crippen LogP contribution in [0.2, 0.25) is 0 Å². The number of carbonyl (C=O) groups is 4. The zero-order valence-corrected chi connectivity index (χ0v) is 24.6. The van der Waals surface area contributed by atoms with Crippen LogP contribution < -0.4 is 10.2 Å². The Balaban J connectivity index is 1.27. The van der Waals surface area contributed by atoms with Crippen molar-refractivity contribution in [3.05, 3.63) is 59.9 Å². The molecule has 3 atom stereocenters. The average molecular weight is 597 g/mol. The number of likely N-dealkylation sites (tertiary alicyclic amines) is 1. The zero-order chi connectivity index (χ0) is 30.0. The summed E-state index contributed by atoms with van der Waals surface area (Å²) in [5.41, 5.74) is 1.22. The van der Waals surface area contributed by atoms with E-state index in [0.29, 0.717) is 18.4 Å².